The van der Waals surface area contributed by atoms with Crippen LogP contribution < -0.4 is 0 Å². The Balaban J connectivity index is 3.15. The maximum absolute atomic E-state index is 11.0. The summed E-state index contributed by atoms with van der Waals surface area (Å²) in [6.45, 7) is 3.87. The first-order valence-corrected chi connectivity index (χ1v) is 14.0. The molecular weight excluding hydrogens is 384 g/mol. The topological polar surface area (TPSA) is 57.5 Å². The molecule has 0 aliphatic carbocycles. The Bertz CT molecular complexity index is 367. The number of unbranched alkanes of at least 4 members (excludes halogenated alkanes) is 21. The van der Waals surface area contributed by atoms with Crippen LogP contribution in [-0.4, -0.2) is 22.3 Å². The van der Waals surface area contributed by atoms with Crippen molar-refractivity contribution >= 4 is 5.97 Å². The van der Waals surface area contributed by atoms with Crippen LogP contribution in [0.1, 0.15) is 162 Å². The number of carbonyl (C=O) groups is 1. The third-order valence-corrected chi connectivity index (χ3v) is 6.77. The largest absolute Gasteiger partial charge is 0.481 e. The van der Waals surface area contributed by atoms with Crippen molar-refractivity contribution in [2.24, 2.45) is 5.92 Å². The zero-order valence-electron chi connectivity index (χ0n) is 21.2. The molecule has 0 radical (unpaired) electrons. The van der Waals surface area contributed by atoms with Crippen LogP contribution in [0.5, 0.6) is 0 Å². The van der Waals surface area contributed by atoms with E-state index in [1.165, 1.54) is 128 Å². The Hall–Kier alpha value is -0.570. The molecule has 0 heterocycles. The van der Waals surface area contributed by atoms with Gasteiger partial charge in [0.25, 0.3) is 0 Å². The van der Waals surface area contributed by atoms with E-state index in [2.05, 4.69) is 6.92 Å². The normalized spacial score (nSPS) is 13.4. The number of hydrogen-bond donors (Lipinski definition) is 2. The molecule has 2 N–H and O–H groups in total. The van der Waals surface area contributed by atoms with Crippen molar-refractivity contribution in [1.29, 1.82) is 0 Å². The average Bonchev–Trinajstić information content (AvgIpc) is 2.73. The number of hydrogen-bond acceptors (Lipinski definition) is 2. The smallest absolute Gasteiger partial charge is 0.309 e. The van der Waals surface area contributed by atoms with Gasteiger partial charge in [-0.3, -0.25) is 4.79 Å². The monoisotopic (exact) mass is 440 g/mol. The van der Waals surface area contributed by atoms with Gasteiger partial charge in [0.05, 0.1) is 12.0 Å². The van der Waals surface area contributed by atoms with Gasteiger partial charge in [-0.2, -0.15) is 0 Å². The van der Waals surface area contributed by atoms with E-state index in [0.29, 0.717) is 6.42 Å². The summed E-state index contributed by atoms with van der Waals surface area (Å²) in [5.41, 5.74) is 0. The van der Waals surface area contributed by atoms with E-state index in [0.717, 1.165) is 12.8 Å². The number of carboxylic acids is 1. The molecule has 0 saturated carbocycles. The molecule has 3 heteroatoms. The number of rotatable bonds is 25. The highest BCUT2D eigenvalue weighted by Gasteiger charge is 2.21. The minimum atomic E-state index is -0.863. The van der Waals surface area contributed by atoms with Crippen LogP contribution in [0.15, 0.2) is 0 Å². The number of aliphatic hydroxyl groups excluding tert-OH is 1. The quantitative estimate of drug-likeness (QED) is 0.139. The summed E-state index contributed by atoms with van der Waals surface area (Å²) in [6, 6.07) is 0. The molecule has 0 bridgehead atoms. The molecule has 0 saturated heterocycles. The van der Waals surface area contributed by atoms with Crippen LogP contribution in [0.4, 0.5) is 0 Å². The van der Waals surface area contributed by atoms with Gasteiger partial charge in [0.2, 0.25) is 0 Å². The standard InChI is InChI=1S/C28H56O3/c1-3-4-5-6-7-8-9-10-11-12-13-14-15-16-17-18-19-20-21-22-23-24-25-27(26(2)29)28(30)31/h26-27,29H,3-25H2,1-2H3,(H,30,31)/t26-,27-/m1/s1. The van der Waals surface area contributed by atoms with Crippen molar-refractivity contribution in [2.45, 2.75) is 168 Å². The fourth-order valence-electron chi connectivity index (χ4n) is 4.54. The summed E-state index contributed by atoms with van der Waals surface area (Å²) in [4.78, 5) is 11.0. The molecule has 0 aromatic carbocycles. The highest BCUT2D eigenvalue weighted by atomic mass is 16.4. The van der Waals surface area contributed by atoms with Gasteiger partial charge in [-0.25, -0.2) is 0 Å². The lowest BCUT2D eigenvalue weighted by atomic mass is 9.96. The zero-order valence-corrected chi connectivity index (χ0v) is 21.2. The summed E-state index contributed by atoms with van der Waals surface area (Å²) in [5.74, 6) is -1.45. The number of carboxylic acid groups (broad SMARTS) is 1. The van der Waals surface area contributed by atoms with Crippen molar-refractivity contribution in [1.82, 2.24) is 0 Å². The van der Waals surface area contributed by atoms with E-state index in [4.69, 9.17) is 5.11 Å². The Kier molecular flexibility index (Phi) is 23.6. The lowest BCUT2D eigenvalue weighted by molar-refractivity contribution is -0.145. The van der Waals surface area contributed by atoms with Crippen molar-refractivity contribution < 1.29 is 15.0 Å². The van der Waals surface area contributed by atoms with Crippen molar-refractivity contribution in [3.63, 3.8) is 0 Å². The van der Waals surface area contributed by atoms with E-state index in [-0.39, 0.29) is 0 Å². The minimum absolute atomic E-state index is 0.592. The highest BCUT2D eigenvalue weighted by molar-refractivity contribution is 5.70. The predicted octanol–water partition coefficient (Wildman–Crippen LogP) is 9.06. The van der Waals surface area contributed by atoms with Crippen LogP contribution in [0.3, 0.4) is 0 Å². The third-order valence-electron chi connectivity index (χ3n) is 6.77. The van der Waals surface area contributed by atoms with E-state index in [9.17, 15) is 9.90 Å². The summed E-state index contributed by atoms with van der Waals surface area (Å²) in [5, 5.41) is 18.5. The predicted molar refractivity (Wildman–Crippen MR) is 135 cm³/mol. The molecule has 0 amide bonds. The third kappa shape index (κ3) is 22.4. The van der Waals surface area contributed by atoms with Gasteiger partial charge in [0.15, 0.2) is 0 Å². The van der Waals surface area contributed by atoms with Crippen LogP contribution in [0, 0.1) is 5.92 Å². The van der Waals surface area contributed by atoms with Crippen LogP contribution >= 0.6 is 0 Å². The highest BCUT2D eigenvalue weighted by Crippen LogP contribution is 2.17. The van der Waals surface area contributed by atoms with Gasteiger partial charge in [-0.15, -0.1) is 0 Å². The van der Waals surface area contributed by atoms with Gasteiger partial charge in [-0.05, 0) is 13.3 Å². The van der Waals surface area contributed by atoms with Crippen molar-refractivity contribution in [2.75, 3.05) is 0 Å². The summed E-state index contributed by atoms with van der Waals surface area (Å²) in [7, 11) is 0. The van der Waals surface area contributed by atoms with Crippen molar-refractivity contribution in [3.05, 3.63) is 0 Å². The van der Waals surface area contributed by atoms with E-state index >= 15 is 0 Å². The first kappa shape index (κ1) is 30.4. The van der Waals surface area contributed by atoms with Crippen LogP contribution in [-0.2, 0) is 4.79 Å². The van der Waals surface area contributed by atoms with E-state index in [1.807, 2.05) is 0 Å². The molecule has 0 aliphatic heterocycles. The fraction of sp³-hybridized carbons (Fsp3) is 0.964. The van der Waals surface area contributed by atoms with Crippen LogP contribution in [0.25, 0.3) is 0 Å². The second-order valence-corrected chi connectivity index (χ2v) is 9.90. The molecule has 186 valence electrons. The van der Waals surface area contributed by atoms with Crippen molar-refractivity contribution in [3.8, 4) is 0 Å². The van der Waals surface area contributed by atoms with Gasteiger partial charge < -0.3 is 10.2 Å². The lowest BCUT2D eigenvalue weighted by Gasteiger charge is -2.14. The molecule has 0 spiro atoms. The van der Waals surface area contributed by atoms with Gasteiger partial charge in [-0.1, -0.05) is 148 Å². The Morgan fingerprint density at radius 3 is 1.03 bits per heavy atom. The first-order chi connectivity index (χ1) is 15.1. The Morgan fingerprint density at radius 1 is 0.548 bits per heavy atom. The molecule has 0 aliphatic rings. The first-order valence-electron chi connectivity index (χ1n) is 14.0. The molecular formula is C28H56O3. The number of aliphatic carboxylic acids is 1. The molecule has 31 heavy (non-hydrogen) atoms. The summed E-state index contributed by atoms with van der Waals surface area (Å²) in [6.07, 6.45) is 29.9. The Morgan fingerprint density at radius 2 is 0.806 bits per heavy atom. The molecule has 0 unspecified atom stereocenters. The zero-order chi connectivity index (χ0) is 23.0. The second-order valence-electron chi connectivity index (χ2n) is 9.90. The maximum atomic E-state index is 11.0. The average molecular weight is 441 g/mol. The molecule has 3 nitrogen and oxygen atoms in total. The minimum Gasteiger partial charge on any atom is -0.481 e. The maximum Gasteiger partial charge on any atom is 0.309 e. The molecule has 2 atom stereocenters. The van der Waals surface area contributed by atoms with Gasteiger partial charge >= 0.3 is 5.97 Å². The number of aliphatic hydroxyl groups is 1. The van der Waals surface area contributed by atoms with Gasteiger partial charge in [0, 0.05) is 0 Å². The molecule has 0 aromatic rings. The summed E-state index contributed by atoms with van der Waals surface area (Å²) < 4.78 is 0. The fourth-order valence-corrected chi connectivity index (χ4v) is 4.54. The second kappa shape index (κ2) is 24.1. The van der Waals surface area contributed by atoms with E-state index in [1.54, 1.807) is 6.92 Å². The van der Waals surface area contributed by atoms with Crippen LogP contribution in [0.2, 0.25) is 0 Å². The van der Waals surface area contributed by atoms with E-state index < -0.39 is 18.0 Å². The SMILES string of the molecule is CCCCCCCCCCCCCCCCCCCCCCCC[C@@H](C(=O)O)[C@@H](C)O. The summed E-state index contributed by atoms with van der Waals surface area (Å²) >= 11 is 0. The molecule has 0 aromatic heterocycles. The van der Waals surface area contributed by atoms with Gasteiger partial charge in [0.1, 0.15) is 0 Å². The Labute approximate surface area is 194 Å². The lowest BCUT2D eigenvalue weighted by Crippen LogP contribution is -2.25. The molecule has 0 fully saturated rings. The molecule has 0 rings (SSSR count).